The van der Waals surface area contributed by atoms with Gasteiger partial charge >= 0.3 is 0 Å². The lowest BCUT2D eigenvalue weighted by Gasteiger charge is -2.10. The molecule has 0 aliphatic heterocycles. The lowest BCUT2D eigenvalue weighted by atomic mass is 10.1. The molecule has 3 rings (SSSR count). The van der Waals surface area contributed by atoms with Crippen LogP contribution < -0.4 is 0 Å². The molecule has 0 saturated carbocycles. The Bertz CT molecular complexity index is 768. The molecule has 0 fully saturated rings. The number of aromatic nitrogens is 3. The molecule has 0 aliphatic rings. The van der Waals surface area contributed by atoms with Crippen LogP contribution in [0.3, 0.4) is 0 Å². The molecule has 0 spiro atoms. The summed E-state index contributed by atoms with van der Waals surface area (Å²) in [5.41, 5.74) is 3.04. The second kappa shape index (κ2) is 5.79. The number of para-hydroxylation sites is 1. The summed E-state index contributed by atoms with van der Waals surface area (Å²) >= 11 is 3.54. The first kappa shape index (κ1) is 14.0. The van der Waals surface area contributed by atoms with Gasteiger partial charge in [-0.25, -0.2) is 0 Å². The average Bonchev–Trinajstić information content (AvgIpc) is 2.95. The topological polar surface area (TPSA) is 50.9 Å². The molecule has 0 saturated heterocycles. The number of aryl methyl sites for hydroxylation is 1. The van der Waals surface area contributed by atoms with Gasteiger partial charge in [0.25, 0.3) is 0 Å². The highest BCUT2D eigenvalue weighted by molar-refractivity contribution is 9.10. The molecule has 4 nitrogen and oxygen atoms in total. The first-order valence-corrected chi connectivity index (χ1v) is 7.37. The normalized spacial score (nSPS) is 10.8. The van der Waals surface area contributed by atoms with Gasteiger partial charge in [0.05, 0.1) is 0 Å². The Morgan fingerprint density at radius 3 is 2.52 bits per heavy atom. The summed E-state index contributed by atoms with van der Waals surface area (Å²) < 4.78 is 2.89. The summed E-state index contributed by atoms with van der Waals surface area (Å²) in [6, 6.07) is 15.8. The molecule has 0 unspecified atom stereocenters. The minimum atomic E-state index is -0.158. The fourth-order valence-electron chi connectivity index (χ4n) is 2.19. The summed E-state index contributed by atoms with van der Waals surface area (Å²) in [6.45, 7) is 1.88. The van der Waals surface area contributed by atoms with Gasteiger partial charge in [-0.1, -0.05) is 46.3 Å². The molecule has 1 heterocycles. The van der Waals surface area contributed by atoms with Gasteiger partial charge in [-0.05, 0) is 30.7 Å². The number of nitrogens with zero attached hydrogens (tertiary/aromatic N) is 3. The summed E-state index contributed by atoms with van der Waals surface area (Å²) in [6.07, 6.45) is 0. The van der Waals surface area contributed by atoms with E-state index in [1.54, 1.807) is 0 Å². The quantitative estimate of drug-likeness (QED) is 0.791. The van der Waals surface area contributed by atoms with Crippen molar-refractivity contribution in [3.63, 3.8) is 0 Å². The van der Waals surface area contributed by atoms with Gasteiger partial charge in [0.1, 0.15) is 6.61 Å². The fraction of sp³-hybridized carbons (Fsp3) is 0.125. The Morgan fingerprint density at radius 1 is 1.10 bits per heavy atom. The smallest absolute Gasteiger partial charge is 0.168 e. The molecule has 0 amide bonds. The molecule has 0 atom stereocenters. The molecular weight excluding hydrogens is 330 g/mol. The molecule has 21 heavy (non-hydrogen) atoms. The molecule has 0 radical (unpaired) electrons. The molecule has 2 aromatic carbocycles. The minimum Gasteiger partial charge on any atom is -0.388 e. The SMILES string of the molecule is Cc1ccc(-c2nnc(CO)n2-c2ccccc2)cc1Br. The summed E-state index contributed by atoms with van der Waals surface area (Å²) in [4.78, 5) is 0. The van der Waals surface area contributed by atoms with E-state index < -0.39 is 0 Å². The van der Waals surface area contributed by atoms with Crippen molar-refractivity contribution in [3.8, 4) is 17.1 Å². The molecule has 106 valence electrons. The van der Waals surface area contributed by atoms with E-state index in [0.717, 1.165) is 21.3 Å². The monoisotopic (exact) mass is 343 g/mol. The van der Waals surface area contributed by atoms with Crippen LogP contribution in [-0.4, -0.2) is 19.9 Å². The van der Waals surface area contributed by atoms with Crippen LogP contribution in [0.5, 0.6) is 0 Å². The van der Waals surface area contributed by atoms with E-state index in [0.29, 0.717) is 11.6 Å². The van der Waals surface area contributed by atoms with Crippen molar-refractivity contribution in [1.29, 1.82) is 0 Å². The Hall–Kier alpha value is -1.98. The molecule has 1 aromatic heterocycles. The van der Waals surface area contributed by atoms with Crippen LogP contribution in [0.25, 0.3) is 17.1 Å². The van der Waals surface area contributed by atoms with Crippen LogP contribution in [0, 0.1) is 6.92 Å². The maximum Gasteiger partial charge on any atom is 0.168 e. The Balaban J connectivity index is 2.20. The van der Waals surface area contributed by atoms with Crippen LogP contribution in [0.15, 0.2) is 53.0 Å². The van der Waals surface area contributed by atoms with Crippen molar-refractivity contribution >= 4 is 15.9 Å². The van der Waals surface area contributed by atoms with Gasteiger partial charge in [0, 0.05) is 15.7 Å². The predicted molar refractivity (Wildman–Crippen MR) is 85.2 cm³/mol. The van der Waals surface area contributed by atoms with Crippen molar-refractivity contribution in [2.75, 3.05) is 0 Å². The van der Waals surface area contributed by atoms with Crippen LogP contribution in [-0.2, 0) is 6.61 Å². The van der Waals surface area contributed by atoms with Gasteiger partial charge in [0.2, 0.25) is 0 Å². The van der Waals surface area contributed by atoms with Gasteiger partial charge in [-0.2, -0.15) is 0 Å². The number of aliphatic hydroxyl groups excluding tert-OH is 1. The van der Waals surface area contributed by atoms with Gasteiger partial charge in [-0.15, -0.1) is 10.2 Å². The number of hydrogen-bond donors (Lipinski definition) is 1. The van der Waals surface area contributed by atoms with Gasteiger partial charge in [-0.3, -0.25) is 4.57 Å². The van der Waals surface area contributed by atoms with Crippen molar-refractivity contribution < 1.29 is 5.11 Å². The van der Waals surface area contributed by atoms with Crippen LogP contribution in [0.2, 0.25) is 0 Å². The van der Waals surface area contributed by atoms with E-state index in [1.165, 1.54) is 0 Å². The number of rotatable bonds is 3. The molecule has 0 bridgehead atoms. The zero-order valence-corrected chi connectivity index (χ0v) is 13.1. The lowest BCUT2D eigenvalue weighted by Crippen LogP contribution is -2.03. The van der Waals surface area contributed by atoms with E-state index in [-0.39, 0.29) is 6.61 Å². The highest BCUT2D eigenvalue weighted by Crippen LogP contribution is 2.27. The number of aliphatic hydroxyl groups is 1. The van der Waals surface area contributed by atoms with Gasteiger partial charge in [0.15, 0.2) is 11.6 Å². The van der Waals surface area contributed by atoms with E-state index in [1.807, 2.05) is 60.0 Å². The number of hydrogen-bond acceptors (Lipinski definition) is 3. The Morgan fingerprint density at radius 2 is 1.86 bits per heavy atom. The van der Waals surface area contributed by atoms with E-state index in [4.69, 9.17) is 0 Å². The average molecular weight is 344 g/mol. The van der Waals surface area contributed by atoms with Crippen molar-refractivity contribution in [3.05, 3.63) is 64.4 Å². The fourth-order valence-corrected chi connectivity index (χ4v) is 2.57. The van der Waals surface area contributed by atoms with Crippen molar-refractivity contribution in [2.24, 2.45) is 0 Å². The minimum absolute atomic E-state index is 0.158. The summed E-state index contributed by atoms with van der Waals surface area (Å²) in [7, 11) is 0. The zero-order valence-electron chi connectivity index (χ0n) is 11.5. The Kier molecular flexibility index (Phi) is 3.86. The Labute approximate surface area is 131 Å². The summed E-state index contributed by atoms with van der Waals surface area (Å²) in [5, 5.41) is 17.8. The summed E-state index contributed by atoms with van der Waals surface area (Å²) in [5.74, 6) is 1.24. The highest BCUT2D eigenvalue weighted by Gasteiger charge is 2.15. The second-order valence-corrected chi connectivity index (χ2v) is 5.59. The first-order chi connectivity index (χ1) is 10.2. The zero-order chi connectivity index (χ0) is 14.8. The maximum absolute atomic E-state index is 9.51. The standard InChI is InChI=1S/C16H14BrN3O/c1-11-7-8-12(9-14(11)17)16-19-18-15(10-21)20(16)13-5-3-2-4-6-13/h2-9,21H,10H2,1H3. The third-order valence-electron chi connectivity index (χ3n) is 3.32. The molecule has 1 N–H and O–H groups in total. The van der Waals surface area contributed by atoms with E-state index >= 15 is 0 Å². The van der Waals surface area contributed by atoms with E-state index in [2.05, 4.69) is 26.1 Å². The number of benzene rings is 2. The molecule has 5 heteroatoms. The van der Waals surface area contributed by atoms with Gasteiger partial charge < -0.3 is 5.11 Å². The maximum atomic E-state index is 9.51. The molecule has 3 aromatic rings. The van der Waals surface area contributed by atoms with Crippen LogP contribution in [0.1, 0.15) is 11.4 Å². The highest BCUT2D eigenvalue weighted by atomic mass is 79.9. The second-order valence-electron chi connectivity index (χ2n) is 4.73. The number of halogens is 1. The van der Waals surface area contributed by atoms with E-state index in [9.17, 15) is 5.11 Å². The molecular formula is C16H14BrN3O. The third-order valence-corrected chi connectivity index (χ3v) is 4.17. The lowest BCUT2D eigenvalue weighted by molar-refractivity contribution is 0.269. The third kappa shape index (κ3) is 2.62. The largest absolute Gasteiger partial charge is 0.388 e. The predicted octanol–water partition coefficient (Wildman–Crippen LogP) is 3.50. The van der Waals surface area contributed by atoms with Crippen molar-refractivity contribution in [1.82, 2.24) is 14.8 Å². The van der Waals surface area contributed by atoms with Crippen LogP contribution >= 0.6 is 15.9 Å². The molecule has 0 aliphatic carbocycles. The van der Waals surface area contributed by atoms with Crippen molar-refractivity contribution in [2.45, 2.75) is 13.5 Å². The van der Waals surface area contributed by atoms with Crippen LogP contribution in [0.4, 0.5) is 0 Å². The first-order valence-electron chi connectivity index (χ1n) is 6.58.